The van der Waals surface area contributed by atoms with Crippen LogP contribution in [0.3, 0.4) is 0 Å². The SMILES string of the molecule is CS(=O)(=O)NCC1CCOC2(CCN(C(=O)COc3ccccc3)CC2)C1. The van der Waals surface area contributed by atoms with Gasteiger partial charge in [-0.3, -0.25) is 4.79 Å². The number of nitrogens with zero attached hydrogens (tertiary/aromatic N) is 1. The number of likely N-dealkylation sites (tertiary alicyclic amines) is 1. The van der Waals surface area contributed by atoms with E-state index in [4.69, 9.17) is 9.47 Å². The molecule has 1 aromatic carbocycles. The van der Waals surface area contributed by atoms with Gasteiger partial charge >= 0.3 is 0 Å². The lowest BCUT2D eigenvalue weighted by atomic mass is 9.79. The highest BCUT2D eigenvalue weighted by Gasteiger charge is 2.41. The second-order valence-electron chi connectivity index (χ2n) is 7.49. The zero-order chi connectivity index (χ0) is 19.3. The van der Waals surface area contributed by atoms with Crippen molar-refractivity contribution < 1.29 is 22.7 Å². The van der Waals surface area contributed by atoms with Gasteiger partial charge in [0.25, 0.3) is 5.91 Å². The molecule has 2 heterocycles. The van der Waals surface area contributed by atoms with E-state index in [1.54, 1.807) is 0 Å². The number of nitrogens with one attached hydrogen (secondary N) is 1. The van der Waals surface area contributed by atoms with Crippen molar-refractivity contribution in [3.63, 3.8) is 0 Å². The summed E-state index contributed by atoms with van der Waals surface area (Å²) in [6.07, 6.45) is 4.43. The van der Waals surface area contributed by atoms with Crippen LogP contribution in [0.25, 0.3) is 0 Å². The van der Waals surface area contributed by atoms with E-state index in [1.165, 1.54) is 6.26 Å². The average molecular weight is 397 g/mol. The summed E-state index contributed by atoms with van der Waals surface area (Å²) in [4.78, 5) is 14.2. The fourth-order valence-corrected chi connectivity index (χ4v) is 4.38. The molecule has 7 nitrogen and oxygen atoms in total. The Morgan fingerprint density at radius 2 is 2.00 bits per heavy atom. The monoisotopic (exact) mass is 396 g/mol. The van der Waals surface area contributed by atoms with Crippen LogP contribution in [0.4, 0.5) is 0 Å². The number of carbonyl (C=O) groups excluding carboxylic acids is 1. The Bertz CT molecular complexity index is 730. The van der Waals surface area contributed by atoms with Crippen molar-refractivity contribution in [2.24, 2.45) is 5.92 Å². The molecule has 0 aliphatic carbocycles. The number of hydrogen-bond acceptors (Lipinski definition) is 5. The van der Waals surface area contributed by atoms with Crippen molar-refractivity contribution in [1.82, 2.24) is 9.62 Å². The number of ether oxygens (including phenoxy) is 2. The van der Waals surface area contributed by atoms with Gasteiger partial charge in [-0.25, -0.2) is 13.1 Å². The number of benzene rings is 1. The van der Waals surface area contributed by atoms with Gasteiger partial charge < -0.3 is 14.4 Å². The molecule has 0 aromatic heterocycles. The second-order valence-corrected chi connectivity index (χ2v) is 9.33. The summed E-state index contributed by atoms with van der Waals surface area (Å²) in [6.45, 7) is 2.42. The van der Waals surface area contributed by atoms with Gasteiger partial charge in [0.2, 0.25) is 10.0 Å². The molecule has 1 amide bonds. The number of piperidine rings is 1. The van der Waals surface area contributed by atoms with Gasteiger partial charge in [0.15, 0.2) is 6.61 Å². The summed E-state index contributed by atoms with van der Waals surface area (Å²) in [5.41, 5.74) is -0.237. The van der Waals surface area contributed by atoms with Crippen LogP contribution in [0.15, 0.2) is 30.3 Å². The highest BCUT2D eigenvalue weighted by Crippen LogP contribution is 2.37. The van der Waals surface area contributed by atoms with Gasteiger partial charge in [-0.05, 0) is 43.7 Å². The Hall–Kier alpha value is -1.64. The maximum Gasteiger partial charge on any atom is 0.260 e. The van der Waals surface area contributed by atoms with E-state index in [2.05, 4.69) is 4.72 Å². The fraction of sp³-hybridized carbons (Fsp3) is 0.632. The van der Waals surface area contributed by atoms with Crippen LogP contribution < -0.4 is 9.46 Å². The topological polar surface area (TPSA) is 84.9 Å². The van der Waals surface area contributed by atoms with Gasteiger partial charge in [-0.15, -0.1) is 0 Å². The minimum absolute atomic E-state index is 0.0141. The molecule has 0 radical (unpaired) electrons. The predicted octanol–water partition coefficient (Wildman–Crippen LogP) is 1.40. The summed E-state index contributed by atoms with van der Waals surface area (Å²) in [7, 11) is -3.17. The van der Waals surface area contributed by atoms with Crippen LogP contribution in [0.5, 0.6) is 5.75 Å². The van der Waals surface area contributed by atoms with Crippen molar-refractivity contribution in [1.29, 1.82) is 0 Å². The van der Waals surface area contributed by atoms with Crippen LogP contribution >= 0.6 is 0 Å². The van der Waals surface area contributed by atoms with Crippen molar-refractivity contribution in [2.75, 3.05) is 39.1 Å². The minimum atomic E-state index is -3.17. The summed E-state index contributed by atoms with van der Waals surface area (Å²) in [5.74, 6) is 0.952. The molecule has 27 heavy (non-hydrogen) atoms. The molecule has 0 bridgehead atoms. The molecule has 8 heteroatoms. The number of amides is 1. The van der Waals surface area contributed by atoms with E-state index in [0.717, 1.165) is 25.7 Å². The normalized spacial score (nSPS) is 22.6. The van der Waals surface area contributed by atoms with Gasteiger partial charge in [-0.1, -0.05) is 18.2 Å². The maximum atomic E-state index is 12.4. The Kier molecular flexibility index (Phi) is 6.39. The smallest absolute Gasteiger partial charge is 0.260 e. The lowest BCUT2D eigenvalue weighted by Crippen LogP contribution is -2.52. The van der Waals surface area contributed by atoms with E-state index < -0.39 is 10.0 Å². The fourth-order valence-electron chi connectivity index (χ4n) is 3.84. The number of sulfonamides is 1. The Morgan fingerprint density at radius 3 is 2.67 bits per heavy atom. The van der Waals surface area contributed by atoms with Gasteiger partial charge in [0.1, 0.15) is 5.75 Å². The van der Waals surface area contributed by atoms with Crippen molar-refractivity contribution in [2.45, 2.75) is 31.3 Å². The van der Waals surface area contributed by atoms with Crippen LogP contribution in [0.2, 0.25) is 0 Å². The highest BCUT2D eigenvalue weighted by atomic mass is 32.2. The quantitative estimate of drug-likeness (QED) is 0.786. The predicted molar refractivity (Wildman–Crippen MR) is 102 cm³/mol. The average Bonchev–Trinajstić information content (AvgIpc) is 2.66. The molecule has 2 saturated heterocycles. The molecule has 2 aliphatic rings. The van der Waals surface area contributed by atoms with E-state index in [1.807, 2.05) is 35.2 Å². The minimum Gasteiger partial charge on any atom is -0.484 e. The maximum absolute atomic E-state index is 12.4. The summed E-state index contributed by atoms with van der Waals surface area (Å²) in [6, 6.07) is 9.32. The third kappa shape index (κ3) is 5.92. The zero-order valence-corrected chi connectivity index (χ0v) is 16.5. The third-order valence-corrected chi connectivity index (χ3v) is 6.05. The lowest BCUT2D eigenvalue weighted by molar-refractivity contribution is -0.148. The Labute approximate surface area is 161 Å². The van der Waals surface area contributed by atoms with Crippen molar-refractivity contribution in [3.05, 3.63) is 30.3 Å². The molecule has 0 saturated carbocycles. The first kappa shape index (κ1) is 20.1. The molecular formula is C19H28N2O5S. The van der Waals surface area contributed by atoms with Crippen LogP contribution in [0, 0.1) is 5.92 Å². The molecule has 150 valence electrons. The second kappa shape index (κ2) is 8.58. The zero-order valence-electron chi connectivity index (χ0n) is 15.7. The molecule has 2 fully saturated rings. The Morgan fingerprint density at radius 1 is 1.30 bits per heavy atom. The molecule has 1 unspecified atom stereocenters. The van der Waals surface area contributed by atoms with E-state index in [0.29, 0.717) is 32.0 Å². The first-order chi connectivity index (χ1) is 12.9. The van der Waals surface area contributed by atoms with Gasteiger partial charge in [0.05, 0.1) is 11.9 Å². The number of rotatable bonds is 6. The lowest BCUT2D eigenvalue weighted by Gasteiger charge is -2.46. The summed E-state index contributed by atoms with van der Waals surface area (Å²) >= 11 is 0. The Balaban J connectivity index is 1.46. The van der Waals surface area contributed by atoms with Crippen LogP contribution in [-0.4, -0.2) is 63.9 Å². The molecule has 1 spiro atoms. The largest absolute Gasteiger partial charge is 0.484 e. The van der Waals surface area contributed by atoms with Crippen molar-refractivity contribution in [3.8, 4) is 5.75 Å². The number of para-hydroxylation sites is 1. The van der Waals surface area contributed by atoms with E-state index in [-0.39, 0.29) is 24.0 Å². The number of hydrogen-bond donors (Lipinski definition) is 1. The standard InChI is InChI=1S/C19H28N2O5S/c1-27(23,24)20-14-16-7-12-26-19(13-16)8-10-21(11-9-19)18(22)15-25-17-5-3-2-4-6-17/h2-6,16,20H,7-15H2,1H3. The molecule has 2 aliphatic heterocycles. The van der Waals surface area contributed by atoms with Gasteiger partial charge in [-0.2, -0.15) is 0 Å². The molecule has 1 atom stereocenters. The molecule has 3 rings (SSSR count). The summed E-state index contributed by atoms with van der Waals surface area (Å²) < 4.78 is 36.9. The molecular weight excluding hydrogens is 368 g/mol. The highest BCUT2D eigenvalue weighted by molar-refractivity contribution is 7.88. The van der Waals surface area contributed by atoms with Crippen LogP contribution in [0.1, 0.15) is 25.7 Å². The molecule has 1 N–H and O–H groups in total. The van der Waals surface area contributed by atoms with Gasteiger partial charge in [0, 0.05) is 26.2 Å². The molecule has 1 aromatic rings. The van der Waals surface area contributed by atoms with E-state index >= 15 is 0 Å². The number of carbonyl (C=O) groups is 1. The van der Waals surface area contributed by atoms with Crippen LogP contribution in [-0.2, 0) is 19.6 Å². The first-order valence-electron chi connectivity index (χ1n) is 9.39. The third-order valence-electron chi connectivity index (χ3n) is 5.36. The van der Waals surface area contributed by atoms with E-state index in [9.17, 15) is 13.2 Å². The summed E-state index contributed by atoms with van der Waals surface area (Å²) in [5, 5.41) is 0. The van der Waals surface area contributed by atoms with Crippen molar-refractivity contribution >= 4 is 15.9 Å². The first-order valence-corrected chi connectivity index (χ1v) is 11.3.